The Labute approximate surface area is 124 Å². The molecule has 2 nitrogen and oxygen atoms in total. The van der Waals surface area contributed by atoms with Crippen molar-refractivity contribution >= 4 is 21.6 Å². The van der Waals surface area contributed by atoms with Crippen LogP contribution in [0.2, 0.25) is 0 Å². The van der Waals surface area contributed by atoms with Crippen LogP contribution in [0.1, 0.15) is 44.1 Å². The van der Waals surface area contributed by atoms with E-state index in [0.717, 1.165) is 28.7 Å². The number of hydrogen-bond donors (Lipinski definition) is 1. The lowest BCUT2D eigenvalue weighted by atomic mass is 9.78. The van der Waals surface area contributed by atoms with Crippen LogP contribution in [0.4, 0.5) is 5.69 Å². The first kappa shape index (κ1) is 13.4. The van der Waals surface area contributed by atoms with E-state index in [2.05, 4.69) is 33.0 Å². The van der Waals surface area contributed by atoms with Gasteiger partial charge in [-0.3, -0.25) is 4.90 Å². The van der Waals surface area contributed by atoms with Crippen molar-refractivity contribution in [1.29, 1.82) is 0 Å². The van der Waals surface area contributed by atoms with E-state index in [0.29, 0.717) is 0 Å². The van der Waals surface area contributed by atoms with Gasteiger partial charge in [-0.05, 0) is 61.9 Å². The van der Waals surface area contributed by atoms with Crippen LogP contribution < -0.4 is 5.73 Å². The first-order valence-corrected chi connectivity index (χ1v) is 8.30. The molecule has 0 aromatic heterocycles. The van der Waals surface area contributed by atoms with Gasteiger partial charge in [0.1, 0.15) is 0 Å². The van der Waals surface area contributed by atoms with Gasteiger partial charge in [0.05, 0.1) is 0 Å². The molecule has 1 saturated heterocycles. The molecule has 0 bridgehead atoms. The molecule has 0 unspecified atom stereocenters. The van der Waals surface area contributed by atoms with Gasteiger partial charge in [0.25, 0.3) is 0 Å². The van der Waals surface area contributed by atoms with Crippen LogP contribution in [-0.4, -0.2) is 17.5 Å². The van der Waals surface area contributed by atoms with Crippen molar-refractivity contribution in [2.24, 2.45) is 5.92 Å². The average molecular weight is 323 g/mol. The summed E-state index contributed by atoms with van der Waals surface area (Å²) in [4.78, 5) is 2.70. The van der Waals surface area contributed by atoms with Gasteiger partial charge in [-0.15, -0.1) is 0 Å². The minimum Gasteiger partial charge on any atom is -0.399 e. The highest BCUT2D eigenvalue weighted by molar-refractivity contribution is 9.10. The Bertz CT molecular complexity index is 424. The lowest BCUT2D eigenvalue weighted by molar-refractivity contribution is 0.0547. The predicted octanol–water partition coefficient (Wildman–Crippen LogP) is 4.19. The second-order valence-electron chi connectivity index (χ2n) is 6.12. The molecule has 3 rings (SSSR count). The number of hydrogen-bond acceptors (Lipinski definition) is 2. The summed E-state index contributed by atoms with van der Waals surface area (Å²) in [6, 6.07) is 7.13. The number of nitrogens with two attached hydrogens (primary N) is 1. The monoisotopic (exact) mass is 322 g/mol. The van der Waals surface area contributed by atoms with Crippen molar-refractivity contribution in [3.8, 4) is 0 Å². The van der Waals surface area contributed by atoms with E-state index >= 15 is 0 Å². The summed E-state index contributed by atoms with van der Waals surface area (Å²) in [7, 11) is 0. The lowest BCUT2D eigenvalue weighted by Gasteiger charge is -2.44. The third-order valence-electron chi connectivity index (χ3n) is 4.72. The third-order valence-corrected chi connectivity index (χ3v) is 5.18. The average Bonchev–Trinajstić information content (AvgIpc) is 2.38. The molecule has 0 radical (unpaired) electrons. The van der Waals surface area contributed by atoms with Gasteiger partial charge in [-0.2, -0.15) is 0 Å². The molecule has 1 saturated carbocycles. The number of anilines is 1. The van der Waals surface area contributed by atoms with Gasteiger partial charge in [0.15, 0.2) is 0 Å². The number of benzene rings is 1. The minimum absolute atomic E-state index is 0.822. The Balaban J connectivity index is 1.74. The van der Waals surface area contributed by atoms with E-state index < -0.39 is 0 Å². The van der Waals surface area contributed by atoms with Gasteiger partial charge in [0, 0.05) is 22.7 Å². The maximum atomic E-state index is 5.95. The smallest absolute Gasteiger partial charge is 0.0328 e. The van der Waals surface area contributed by atoms with Crippen LogP contribution in [0.5, 0.6) is 0 Å². The number of nitrogen functional groups attached to an aromatic ring is 1. The van der Waals surface area contributed by atoms with E-state index in [1.54, 1.807) is 0 Å². The molecule has 1 heterocycles. The highest BCUT2D eigenvalue weighted by atomic mass is 79.9. The maximum Gasteiger partial charge on any atom is 0.0328 e. The molecule has 1 aromatic rings. The first-order valence-electron chi connectivity index (χ1n) is 7.51. The molecule has 1 aliphatic carbocycles. The summed E-state index contributed by atoms with van der Waals surface area (Å²) in [6.45, 7) is 2.32. The minimum atomic E-state index is 0.822. The fourth-order valence-corrected chi connectivity index (χ4v) is 4.48. The van der Waals surface area contributed by atoms with Crippen LogP contribution in [0.25, 0.3) is 0 Å². The number of halogens is 1. The van der Waals surface area contributed by atoms with E-state index in [4.69, 9.17) is 5.73 Å². The van der Waals surface area contributed by atoms with E-state index in [9.17, 15) is 0 Å². The highest BCUT2D eigenvalue weighted by Crippen LogP contribution is 2.36. The Morgan fingerprint density at radius 1 is 1.11 bits per heavy atom. The van der Waals surface area contributed by atoms with Crippen molar-refractivity contribution < 1.29 is 0 Å². The molecule has 2 aliphatic rings. The van der Waals surface area contributed by atoms with Crippen molar-refractivity contribution in [2.45, 2.75) is 51.1 Å². The number of rotatable bonds is 2. The molecular weight excluding hydrogens is 300 g/mol. The van der Waals surface area contributed by atoms with Crippen molar-refractivity contribution in [1.82, 2.24) is 4.90 Å². The second kappa shape index (κ2) is 5.84. The van der Waals surface area contributed by atoms with Gasteiger partial charge in [-0.1, -0.05) is 28.8 Å². The first-order chi connectivity index (χ1) is 9.22. The van der Waals surface area contributed by atoms with Crippen molar-refractivity contribution in [3.05, 3.63) is 28.2 Å². The Morgan fingerprint density at radius 2 is 1.89 bits per heavy atom. The number of piperidine rings is 1. The molecule has 1 aliphatic heterocycles. The number of nitrogens with zero attached hydrogens (tertiary/aromatic N) is 1. The summed E-state index contributed by atoms with van der Waals surface area (Å²) in [5.41, 5.74) is 8.16. The van der Waals surface area contributed by atoms with Gasteiger partial charge in [0.2, 0.25) is 0 Å². The summed E-state index contributed by atoms with van der Waals surface area (Å²) >= 11 is 3.55. The lowest BCUT2D eigenvalue weighted by Crippen LogP contribution is -2.46. The number of likely N-dealkylation sites (tertiary alicyclic amines) is 1. The fraction of sp³-hybridized carbons (Fsp3) is 0.625. The summed E-state index contributed by atoms with van der Waals surface area (Å²) in [5, 5.41) is 0. The topological polar surface area (TPSA) is 29.3 Å². The maximum absolute atomic E-state index is 5.95. The second-order valence-corrected chi connectivity index (χ2v) is 7.03. The molecule has 0 amide bonds. The van der Waals surface area contributed by atoms with Crippen molar-refractivity contribution in [3.63, 3.8) is 0 Å². The van der Waals surface area contributed by atoms with Crippen molar-refractivity contribution in [2.75, 3.05) is 12.3 Å². The molecule has 0 spiro atoms. The highest BCUT2D eigenvalue weighted by Gasteiger charge is 2.32. The number of fused-ring (bicyclic) bond motifs is 1. The van der Waals surface area contributed by atoms with Gasteiger partial charge in [-0.25, -0.2) is 0 Å². The van der Waals surface area contributed by atoms with Crippen LogP contribution in [0, 0.1) is 5.92 Å². The molecule has 2 N–H and O–H groups in total. The fourth-order valence-electron chi connectivity index (χ4n) is 3.93. The van der Waals surface area contributed by atoms with E-state index in [1.807, 2.05) is 6.07 Å². The standard InChI is InChI=1S/C16H23BrN2/c17-14-8-12(9-15(18)10-14)11-19-7-3-5-13-4-1-2-6-16(13)19/h8-10,13,16H,1-7,11,18H2/t13-,16-/m1/s1. The largest absolute Gasteiger partial charge is 0.399 e. The van der Waals surface area contributed by atoms with Crippen LogP contribution >= 0.6 is 15.9 Å². The summed E-state index contributed by atoms with van der Waals surface area (Å²) in [5.74, 6) is 0.951. The van der Waals surface area contributed by atoms with E-state index in [-0.39, 0.29) is 0 Å². The van der Waals surface area contributed by atoms with E-state index in [1.165, 1.54) is 50.6 Å². The molecular formula is C16H23BrN2. The molecule has 104 valence electrons. The Kier molecular flexibility index (Phi) is 4.13. The zero-order valence-electron chi connectivity index (χ0n) is 11.4. The predicted molar refractivity (Wildman–Crippen MR) is 83.9 cm³/mol. The molecule has 1 aromatic carbocycles. The Hall–Kier alpha value is -0.540. The Morgan fingerprint density at radius 3 is 2.74 bits per heavy atom. The summed E-state index contributed by atoms with van der Waals surface area (Å²) < 4.78 is 1.10. The molecule has 2 fully saturated rings. The van der Waals surface area contributed by atoms with Gasteiger partial charge >= 0.3 is 0 Å². The molecule has 19 heavy (non-hydrogen) atoms. The van der Waals surface area contributed by atoms with Crippen LogP contribution in [0.15, 0.2) is 22.7 Å². The molecule has 2 atom stereocenters. The third kappa shape index (κ3) is 3.14. The zero-order valence-corrected chi connectivity index (χ0v) is 13.0. The quantitative estimate of drug-likeness (QED) is 0.827. The SMILES string of the molecule is Nc1cc(Br)cc(CN2CCC[C@H]3CCCC[C@H]32)c1. The van der Waals surface area contributed by atoms with Crippen LogP contribution in [-0.2, 0) is 6.54 Å². The molecule has 3 heteroatoms. The van der Waals surface area contributed by atoms with Gasteiger partial charge < -0.3 is 5.73 Å². The summed E-state index contributed by atoms with van der Waals surface area (Å²) in [6.07, 6.45) is 8.51. The zero-order chi connectivity index (χ0) is 13.2. The normalized spacial score (nSPS) is 28.1. The van der Waals surface area contributed by atoms with Crippen LogP contribution in [0.3, 0.4) is 0 Å².